The average molecular weight is 569 g/mol. The summed E-state index contributed by atoms with van der Waals surface area (Å²) in [7, 11) is 0. The van der Waals surface area contributed by atoms with Crippen LogP contribution in [0.15, 0.2) is 130 Å². The van der Waals surface area contributed by atoms with Gasteiger partial charge in [-0.3, -0.25) is 0 Å². The van der Waals surface area contributed by atoms with E-state index in [-0.39, 0.29) is 5.41 Å². The molecular formula is C40H56O2. The van der Waals surface area contributed by atoms with E-state index in [1.165, 1.54) is 47.1 Å². The Balaban J connectivity index is 1.91. The van der Waals surface area contributed by atoms with E-state index < -0.39 is 17.6 Å². The third kappa shape index (κ3) is 10.7. The van der Waals surface area contributed by atoms with Gasteiger partial charge in [0.2, 0.25) is 0 Å². The molecule has 0 aromatic heterocycles. The van der Waals surface area contributed by atoms with Gasteiger partial charge in [0.05, 0.1) is 12.2 Å². The number of rotatable bonds is 10. The topological polar surface area (TPSA) is 40.5 Å². The Labute approximate surface area is 257 Å². The molecule has 2 aliphatic rings. The molecule has 0 fully saturated rings. The number of aliphatic hydroxyl groups excluding tert-OH is 2. The fourth-order valence-electron chi connectivity index (χ4n) is 5.86. The molecule has 0 aromatic carbocycles. The van der Waals surface area contributed by atoms with Crippen LogP contribution in [-0.2, 0) is 0 Å². The smallest absolute Gasteiger partial charge is 0.0893 e. The number of allylic oxidation sites excluding steroid dienone is 20. The lowest BCUT2D eigenvalue weighted by atomic mass is 9.69. The number of hydrogen-bond donors (Lipinski definition) is 2. The van der Waals surface area contributed by atoms with E-state index >= 15 is 0 Å². The van der Waals surface area contributed by atoms with Crippen LogP contribution in [0.3, 0.4) is 0 Å². The quantitative estimate of drug-likeness (QED) is 0.257. The second-order valence-corrected chi connectivity index (χ2v) is 13.5. The number of hydrogen-bond acceptors (Lipinski definition) is 2. The molecule has 0 saturated heterocycles. The zero-order chi connectivity index (χ0) is 31.5. The Morgan fingerprint density at radius 1 is 0.643 bits per heavy atom. The molecule has 2 nitrogen and oxygen atoms in total. The molecule has 2 N–H and O–H groups in total. The van der Waals surface area contributed by atoms with Crippen molar-refractivity contribution in [3.8, 4) is 0 Å². The third-order valence-electron chi connectivity index (χ3n) is 8.61. The average Bonchev–Trinajstić information content (AvgIpc) is 2.89. The lowest BCUT2D eigenvalue weighted by molar-refractivity contribution is -0.0439. The molecule has 0 unspecified atom stereocenters. The van der Waals surface area contributed by atoms with Crippen LogP contribution in [0.25, 0.3) is 0 Å². The molecule has 0 aliphatic heterocycles. The molecule has 0 aromatic rings. The van der Waals surface area contributed by atoms with Crippen LogP contribution in [0.5, 0.6) is 0 Å². The predicted molar refractivity (Wildman–Crippen MR) is 184 cm³/mol. The first-order valence-electron chi connectivity index (χ1n) is 15.5. The second-order valence-electron chi connectivity index (χ2n) is 13.5. The van der Waals surface area contributed by atoms with Crippen LogP contribution >= 0.6 is 0 Å². The summed E-state index contributed by atoms with van der Waals surface area (Å²) in [5, 5.41) is 20.6. The number of aliphatic hydroxyl groups is 2. The monoisotopic (exact) mass is 568 g/mol. The molecule has 2 rings (SSSR count). The maximum absolute atomic E-state index is 10.4. The standard InChI is InChI=1S/C40H56O2/c1-29(18-13-20-31(3)23-25-35-33(5)22-15-27-39(35,7)8)16-11-12-17-30(2)19-14-21-32(4)24-26-36-34(6)28-37(41)38(42)40(36,9)10/h11-14,16-21,23-26,37-38,41-42H,15,22,27-28H2,1-10H3/b12-11+,18-13+,19-14+,25-23+,26-24+,29-16+,30-17+,31-20+,32-21+/t37-,38+/m1/s1. The zero-order valence-corrected chi connectivity index (χ0v) is 28.0. The summed E-state index contributed by atoms with van der Waals surface area (Å²) in [6.45, 7) is 21.5. The van der Waals surface area contributed by atoms with E-state index in [2.05, 4.69) is 134 Å². The summed E-state index contributed by atoms with van der Waals surface area (Å²) in [6.07, 6.45) is 32.6. The Morgan fingerprint density at radius 2 is 1.10 bits per heavy atom. The van der Waals surface area contributed by atoms with E-state index in [9.17, 15) is 10.2 Å². The van der Waals surface area contributed by atoms with Crippen LogP contribution < -0.4 is 0 Å². The summed E-state index contributed by atoms with van der Waals surface area (Å²) in [5.74, 6) is 0. The lowest BCUT2D eigenvalue weighted by Gasteiger charge is -2.40. The Kier molecular flexibility index (Phi) is 13.5. The van der Waals surface area contributed by atoms with Gasteiger partial charge in [-0.15, -0.1) is 0 Å². The summed E-state index contributed by atoms with van der Waals surface area (Å²) in [4.78, 5) is 0. The molecular weight excluding hydrogens is 512 g/mol. The summed E-state index contributed by atoms with van der Waals surface area (Å²) in [5.41, 5.74) is 9.83. The van der Waals surface area contributed by atoms with Crippen molar-refractivity contribution in [2.24, 2.45) is 10.8 Å². The first kappa shape index (κ1) is 35.3. The van der Waals surface area contributed by atoms with Crippen LogP contribution in [0.4, 0.5) is 0 Å². The van der Waals surface area contributed by atoms with Gasteiger partial charge in [0.25, 0.3) is 0 Å². The molecule has 0 amide bonds. The van der Waals surface area contributed by atoms with Gasteiger partial charge in [0.1, 0.15) is 0 Å². The SMILES string of the molecule is CC1=C(/C=C/C(C)=C/C=C/C(C)=C/C=C/C=C(C)/C=C/C=C(C)/C=C/C2=C(C)C[C@@H](O)[C@H](O)C2(C)C)C(C)(C)CCC1. The fourth-order valence-corrected chi connectivity index (χ4v) is 5.86. The highest BCUT2D eigenvalue weighted by atomic mass is 16.3. The van der Waals surface area contributed by atoms with Crippen molar-refractivity contribution in [3.63, 3.8) is 0 Å². The summed E-state index contributed by atoms with van der Waals surface area (Å²) >= 11 is 0. The molecule has 0 saturated carbocycles. The van der Waals surface area contributed by atoms with Crippen LogP contribution in [0, 0.1) is 10.8 Å². The van der Waals surface area contributed by atoms with Crippen molar-refractivity contribution in [1.29, 1.82) is 0 Å². The van der Waals surface area contributed by atoms with Crippen molar-refractivity contribution in [1.82, 2.24) is 0 Å². The normalized spacial score (nSPS) is 25.0. The molecule has 0 bridgehead atoms. The minimum atomic E-state index is -0.754. The van der Waals surface area contributed by atoms with Crippen molar-refractivity contribution < 1.29 is 10.2 Å². The van der Waals surface area contributed by atoms with Crippen molar-refractivity contribution in [3.05, 3.63) is 130 Å². The largest absolute Gasteiger partial charge is 0.390 e. The third-order valence-corrected chi connectivity index (χ3v) is 8.61. The maximum atomic E-state index is 10.4. The van der Waals surface area contributed by atoms with Gasteiger partial charge in [-0.05, 0) is 83.8 Å². The molecule has 0 spiro atoms. The Morgan fingerprint density at radius 3 is 1.60 bits per heavy atom. The minimum Gasteiger partial charge on any atom is -0.390 e. The van der Waals surface area contributed by atoms with Gasteiger partial charge in [-0.25, -0.2) is 0 Å². The van der Waals surface area contributed by atoms with Crippen LogP contribution in [0.1, 0.15) is 94.9 Å². The van der Waals surface area contributed by atoms with Crippen molar-refractivity contribution >= 4 is 0 Å². The first-order valence-corrected chi connectivity index (χ1v) is 15.5. The first-order chi connectivity index (χ1) is 19.6. The minimum absolute atomic E-state index is 0.276. The summed E-state index contributed by atoms with van der Waals surface area (Å²) < 4.78 is 0. The molecule has 2 atom stereocenters. The molecule has 42 heavy (non-hydrogen) atoms. The van der Waals surface area contributed by atoms with E-state index in [1.54, 1.807) is 0 Å². The van der Waals surface area contributed by atoms with Gasteiger partial charge in [0.15, 0.2) is 0 Å². The lowest BCUT2D eigenvalue weighted by Crippen LogP contribution is -2.44. The van der Waals surface area contributed by atoms with Gasteiger partial charge in [-0.2, -0.15) is 0 Å². The van der Waals surface area contributed by atoms with E-state index in [0.717, 1.165) is 16.7 Å². The van der Waals surface area contributed by atoms with Crippen molar-refractivity contribution in [2.45, 2.75) is 107 Å². The fraction of sp³-hybridized carbons (Fsp3) is 0.450. The van der Waals surface area contributed by atoms with Gasteiger partial charge >= 0.3 is 0 Å². The highest BCUT2D eigenvalue weighted by molar-refractivity contribution is 5.40. The molecule has 2 heteroatoms. The molecule has 0 heterocycles. The molecule has 0 radical (unpaired) electrons. The summed E-state index contributed by atoms with van der Waals surface area (Å²) in [6, 6.07) is 0. The Hall–Kier alpha value is -2.94. The van der Waals surface area contributed by atoms with Crippen LogP contribution in [0.2, 0.25) is 0 Å². The molecule has 2 aliphatic carbocycles. The van der Waals surface area contributed by atoms with Gasteiger partial charge in [-0.1, -0.05) is 146 Å². The van der Waals surface area contributed by atoms with E-state index in [4.69, 9.17) is 0 Å². The second kappa shape index (κ2) is 16.1. The van der Waals surface area contributed by atoms with Gasteiger partial charge < -0.3 is 10.2 Å². The molecule has 228 valence electrons. The van der Waals surface area contributed by atoms with Crippen molar-refractivity contribution in [2.75, 3.05) is 0 Å². The van der Waals surface area contributed by atoms with E-state index in [0.29, 0.717) is 6.42 Å². The Bertz CT molecular complexity index is 1290. The highest BCUT2D eigenvalue weighted by Gasteiger charge is 2.40. The maximum Gasteiger partial charge on any atom is 0.0893 e. The van der Waals surface area contributed by atoms with E-state index in [1.807, 2.05) is 20.8 Å². The zero-order valence-electron chi connectivity index (χ0n) is 28.0. The van der Waals surface area contributed by atoms with Crippen LogP contribution in [-0.4, -0.2) is 22.4 Å². The highest BCUT2D eigenvalue weighted by Crippen LogP contribution is 2.42. The predicted octanol–water partition coefficient (Wildman–Crippen LogP) is 10.5. The van der Waals surface area contributed by atoms with Gasteiger partial charge in [0, 0.05) is 5.41 Å².